The van der Waals surface area contributed by atoms with Crippen molar-refractivity contribution >= 4 is 78.9 Å². The second-order valence-electron chi connectivity index (χ2n) is 7.35. The predicted molar refractivity (Wildman–Crippen MR) is 147 cm³/mol. The molecule has 196 valence electrons. The van der Waals surface area contributed by atoms with Crippen LogP contribution in [-0.2, 0) is 12.6 Å². The van der Waals surface area contributed by atoms with Gasteiger partial charge in [0.15, 0.2) is 5.69 Å². The Morgan fingerprint density at radius 2 is 1.56 bits per heavy atom. The standard InChI is InChI=1S/C15H16F5NO2S2.C7H3I2NO/c1-6(2)5-7-8(13(22)24-3)10(12(16)17)21-11(15(18,19)20)9(7)14(23)25-4;8-5-1-4(3-10)2-6(9)7(5)11/h6,12H,5H2,1-4H3;1-2,11H. The van der Waals surface area contributed by atoms with Gasteiger partial charge < -0.3 is 5.11 Å². The summed E-state index contributed by atoms with van der Waals surface area (Å²) in [5, 5.41) is 16.0. The number of aromatic nitrogens is 1. The normalized spacial score (nSPS) is 11.2. The van der Waals surface area contributed by atoms with E-state index < -0.39 is 45.3 Å². The van der Waals surface area contributed by atoms with Gasteiger partial charge in [0.2, 0.25) is 10.2 Å². The molecule has 0 saturated heterocycles. The maximum Gasteiger partial charge on any atom is 0.434 e. The second kappa shape index (κ2) is 14.1. The molecule has 1 aromatic heterocycles. The number of hydrogen-bond acceptors (Lipinski definition) is 7. The number of nitriles is 1. The molecule has 0 aliphatic heterocycles. The molecule has 0 amide bonds. The second-order valence-corrected chi connectivity index (χ2v) is 11.2. The molecule has 0 unspecified atom stereocenters. The van der Waals surface area contributed by atoms with Crippen molar-refractivity contribution in [3.8, 4) is 11.8 Å². The molecule has 0 fully saturated rings. The summed E-state index contributed by atoms with van der Waals surface area (Å²) in [5.74, 6) is -0.0129. The zero-order valence-electron chi connectivity index (χ0n) is 19.1. The van der Waals surface area contributed by atoms with Crippen LogP contribution in [0.2, 0.25) is 0 Å². The number of nitrogens with zero attached hydrogens (tertiary/aromatic N) is 2. The van der Waals surface area contributed by atoms with Gasteiger partial charge in [-0.1, -0.05) is 37.4 Å². The number of carbonyl (C=O) groups excluding carboxylic acids is 2. The summed E-state index contributed by atoms with van der Waals surface area (Å²) in [6, 6.07) is 5.32. The van der Waals surface area contributed by atoms with Crippen molar-refractivity contribution < 1.29 is 36.6 Å². The Hall–Kier alpha value is -1.19. The highest BCUT2D eigenvalue weighted by Crippen LogP contribution is 2.39. The maximum atomic E-state index is 13.4. The molecule has 0 atom stereocenters. The summed E-state index contributed by atoms with van der Waals surface area (Å²) >= 11 is 5.07. The van der Waals surface area contributed by atoms with Crippen molar-refractivity contribution in [2.45, 2.75) is 32.9 Å². The minimum Gasteiger partial charge on any atom is -0.506 e. The fourth-order valence-corrected chi connectivity index (χ4v) is 5.54. The number of phenolic OH excluding ortho intramolecular Hbond substituents is 1. The first-order valence-electron chi connectivity index (χ1n) is 9.77. The zero-order valence-corrected chi connectivity index (χ0v) is 25.1. The molecule has 1 N–H and O–H groups in total. The van der Waals surface area contributed by atoms with Crippen LogP contribution in [0.1, 0.15) is 63.5 Å². The van der Waals surface area contributed by atoms with E-state index in [1.807, 2.05) is 51.3 Å². The maximum absolute atomic E-state index is 13.4. The van der Waals surface area contributed by atoms with Crippen LogP contribution in [0.3, 0.4) is 0 Å². The van der Waals surface area contributed by atoms with E-state index >= 15 is 0 Å². The summed E-state index contributed by atoms with van der Waals surface area (Å²) in [7, 11) is 0. The summed E-state index contributed by atoms with van der Waals surface area (Å²) in [4.78, 5) is 27.3. The average molecular weight is 772 g/mol. The molecule has 2 aromatic rings. The van der Waals surface area contributed by atoms with Crippen LogP contribution in [-0.4, -0.2) is 32.8 Å². The highest BCUT2D eigenvalue weighted by molar-refractivity contribution is 14.1. The Morgan fingerprint density at radius 1 is 1.08 bits per heavy atom. The number of pyridine rings is 1. The van der Waals surface area contributed by atoms with Gasteiger partial charge in [-0.25, -0.2) is 13.8 Å². The number of benzene rings is 1. The molecule has 0 aliphatic carbocycles. The minimum absolute atomic E-state index is 0.130. The van der Waals surface area contributed by atoms with E-state index in [9.17, 15) is 36.6 Å². The Bertz CT molecular complexity index is 1160. The minimum atomic E-state index is -5.10. The van der Waals surface area contributed by atoms with E-state index in [2.05, 4.69) is 4.98 Å². The number of thioether (sulfide) groups is 2. The Kier molecular flexibility index (Phi) is 12.9. The van der Waals surface area contributed by atoms with Gasteiger partial charge in [0.25, 0.3) is 6.43 Å². The van der Waals surface area contributed by atoms with E-state index in [0.717, 1.165) is 0 Å². The van der Waals surface area contributed by atoms with E-state index in [1.54, 1.807) is 26.0 Å². The van der Waals surface area contributed by atoms with Crippen molar-refractivity contribution in [3.05, 3.63) is 52.9 Å². The number of halogens is 7. The van der Waals surface area contributed by atoms with Gasteiger partial charge in [0.1, 0.15) is 11.4 Å². The largest absolute Gasteiger partial charge is 0.506 e. The first-order valence-corrected chi connectivity index (χ1v) is 14.4. The van der Waals surface area contributed by atoms with Crippen LogP contribution in [0.25, 0.3) is 0 Å². The fraction of sp³-hybridized carbons (Fsp3) is 0.364. The lowest BCUT2D eigenvalue weighted by Crippen LogP contribution is -2.23. The highest BCUT2D eigenvalue weighted by Gasteiger charge is 2.42. The Labute approximate surface area is 240 Å². The average Bonchev–Trinajstić information content (AvgIpc) is 2.79. The first kappa shape index (κ1) is 32.8. The highest BCUT2D eigenvalue weighted by atomic mass is 127. The molecule has 1 heterocycles. The van der Waals surface area contributed by atoms with Gasteiger partial charge in [-0.15, -0.1) is 0 Å². The third-order valence-electron chi connectivity index (χ3n) is 4.34. The van der Waals surface area contributed by atoms with Gasteiger partial charge >= 0.3 is 6.18 Å². The van der Waals surface area contributed by atoms with Crippen molar-refractivity contribution in [1.29, 1.82) is 5.26 Å². The van der Waals surface area contributed by atoms with E-state index in [-0.39, 0.29) is 23.7 Å². The van der Waals surface area contributed by atoms with Gasteiger partial charge in [0, 0.05) is 0 Å². The van der Waals surface area contributed by atoms with Crippen LogP contribution in [0.15, 0.2) is 12.1 Å². The molecule has 14 heteroatoms. The van der Waals surface area contributed by atoms with Crippen molar-refractivity contribution in [2.75, 3.05) is 12.5 Å². The first-order chi connectivity index (χ1) is 16.6. The monoisotopic (exact) mass is 772 g/mol. The molecule has 0 saturated carbocycles. The van der Waals surface area contributed by atoms with Crippen LogP contribution in [0, 0.1) is 24.4 Å². The van der Waals surface area contributed by atoms with Crippen molar-refractivity contribution in [3.63, 3.8) is 0 Å². The lowest BCUT2D eigenvalue weighted by Gasteiger charge is -2.21. The van der Waals surface area contributed by atoms with Gasteiger partial charge in [-0.05, 0) is 87.7 Å². The number of hydrogen-bond donors (Lipinski definition) is 1. The number of aromatic hydroxyl groups is 1. The smallest absolute Gasteiger partial charge is 0.434 e. The number of carbonyl (C=O) groups is 2. The molecular weight excluding hydrogens is 753 g/mol. The topological polar surface area (TPSA) is 91.0 Å². The molecule has 36 heavy (non-hydrogen) atoms. The summed E-state index contributed by atoms with van der Waals surface area (Å²) in [5.41, 5.74) is -4.05. The lowest BCUT2D eigenvalue weighted by atomic mass is 9.92. The van der Waals surface area contributed by atoms with E-state index in [4.69, 9.17) is 5.26 Å². The molecule has 0 radical (unpaired) electrons. The zero-order chi connectivity index (χ0) is 28.0. The summed E-state index contributed by atoms with van der Waals surface area (Å²) in [6.45, 7) is 3.30. The van der Waals surface area contributed by atoms with Crippen LogP contribution < -0.4 is 0 Å². The van der Waals surface area contributed by atoms with Gasteiger partial charge in [-0.3, -0.25) is 9.59 Å². The van der Waals surface area contributed by atoms with Crippen LogP contribution in [0.5, 0.6) is 5.75 Å². The van der Waals surface area contributed by atoms with E-state index in [1.165, 1.54) is 12.5 Å². The quantitative estimate of drug-likeness (QED) is 0.246. The van der Waals surface area contributed by atoms with Crippen LogP contribution in [0.4, 0.5) is 22.0 Å². The predicted octanol–water partition coefficient (Wildman–Crippen LogP) is 7.72. The van der Waals surface area contributed by atoms with Crippen molar-refractivity contribution in [2.24, 2.45) is 5.92 Å². The number of alkyl halides is 5. The molecule has 0 aliphatic rings. The SMILES string of the molecule is CSC(=O)c1c(C(F)F)nc(C(F)(F)F)c(C(=O)SC)c1CC(C)C.N#Cc1cc(I)c(O)c(I)c1. The Morgan fingerprint density at radius 3 is 1.92 bits per heavy atom. The molecule has 0 spiro atoms. The molecular formula is C22H19F5I2N2O3S2. The summed E-state index contributed by atoms with van der Waals surface area (Å²) in [6.07, 6.45) is -6.01. The third kappa shape index (κ3) is 8.42. The van der Waals surface area contributed by atoms with Crippen molar-refractivity contribution in [1.82, 2.24) is 4.98 Å². The van der Waals surface area contributed by atoms with E-state index in [0.29, 0.717) is 36.2 Å². The number of rotatable bonds is 5. The summed E-state index contributed by atoms with van der Waals surface area (Å²) < 4.78 is 68.2. The van der Waals surface area contributed by atoms with Gasteiger partial charge in [0.05, 0.1) is 29.9 Å². The molecule has 2 rings (SSSR count). The molecule has 5 nitrogen and oxygen atoms in total. The fourth-order valence-electron chi connectivity index (χ4n) is 2.91. The molecule has 1 aromatic carbocycles. The number of phenols is 1. The van der Waals surface area contributed by atoms with Crippen LogP contribution >= 0.6 is 68.7 Å². The Balaban J connectivity index is 0.000000488. The lowest BCUT2D eigenvalue weighted by molar-refractivity contribution is -0.141. The molecule has 0 bridgehead atoms. The third-order valence-corrected chi connectivity index (χ3v) is 7.14. The van der Waals surface area contributed by atoms with Gasteiger partial charge in [-0.2, -0.15) is 18.4 Å².